The van der Waals surface area contributed by atoms with Gasteiger partial charge in [0.05, 0.1) is 0 Å². The Morgan fingerprint density at radius 3 is 2.42 bits per heavy atom. The van der Waals surface area contributed by atoms with E-state index < -0.39 is 0 Å². The Balaban J connectivity index is 1.91. The van der Waals surface area contributed by atoms with Gasteiger partial charge in [-0.3, -0.25) is 0 Å². The molecule has 2 aliphatic rings. The fourth-order valence-electron chi connectivity index (χ4n) is 4.69. The fourth-order valence-corrected chi connectivity index (χ4v) is 4.69. The van der Waals surface area contributed by atoms with Crippen LogP contribution < -0.4 is 0 Å². The van der Waals surface area contributed by atoms with Crippen molar-refractivity contribution in [3.05, 3.63) is 89.2 Å². The summed E-state index contributed by atoms with van der Waals surface area (Å²) in [7, 11) is 0. The summed E-state index contributed by atoms with van der Waals surface area (Å²) in [5, 5.41) is 0. The van der Waals surface area contributed by atoms with E-state index in [1.807, 2.05) is 19.3 Å². The first-order valence-corrected chi connectivity index (χ1v) is 11.1. The van der Waals surface area contributed by atoms with E-state index in [0.717, 1.165) is 40.9 Å². The third kappa shape index (κ3) is 3.78. The number of hydrogen-bond donors (Lipinski definition) is 0. The zero-order valence-electron chi connectivity index (χ0n) is 19.7. The van der Waals surface area contributed by atoms with Crippen LogP contribution in [-0.2, 0) is 12.8 Å². The number of benzene rings is 1. The van der Waals surface area contributed by atoms with Crippen molar-refractivity contribution in [1.82, 2.24) is 14.9 Å². The number of aromatic nitrogens is 2. The van der Waals surface area contributed by atoms with Gasteiger partial charge in [-0.15, -0.1) is 0 Å². The number of nitrogens with zero attached hydrogens (tertiary/aromatic N) is 3. The minimum absolute atomic E-state index is 0.114. The number of fused-ring (bicyclic) bond motifs is 3. The van der Waals surface area contributed by atoms with E-state index >= 15 is 0 Å². The van der Waals surface area contributed by atoms with E-state index in [-0.39, 0.29) is 5.41 Å². The van der Waals surface area contributed by atoms with Crippen LogP contribution in [0.15, 0.2) is 66.7 Å². The van der Waals surface area contributed by atoms with Crippen molar-refractivity contribution in [2.75, 3.05) is 0 Å². The summed E-state index contributed by atoms with van der Waals surface area (Å²) in [6, 6.07) is 5.10. The molecule has 0 fully saturated rings. The van der Waals surface area contributed by atoms with Crippen molar-refractivity contribution in [3.8, 4) is 11.1 Å². The summed E-state index contributed by atoms with van der Waals surface area (Å²) in [6.45, 7) is 21.7. The molecule has 3 heteroatoms. The maximum absolute atomic E-state index is 4.44. The molecule has 3 nitrogen and oxygen atoms in total. The molecule has 1 aromatic carbocycles. The van der Waals surface area contributed by atoms with Crippen LogP contribution in [0, 0.1) is 12.3 Å². The Kier molecular flexibility index (Phi) is 5.25. The maximum atomic E-state index is 4.44. The Morgan fingerprint density at radius 2 is 1.84 bits per heavy atom. The van der Waals surface area contributed by atoms with Gasteiger partial charge in [0.15, 0.2) is 0 Å². The molecule has 0 spiro atoms. The Morgan fingerprint density at radius 1 is 1.16 bits per heavy atom. The van der Waals surface area contributed by atoms with Crippen LogP contribution in [0.5, 0.6) is 0 Å². The molecular weight excluding hydrogens is 378 g/mol. The Labute approximate surface area is 186 Å². The number of rotatable bonds is 3. The average Bonchev–Trinajstić information content (AvgIpc) is 2.71. The Hall–Kier alpha value is -2.94. The van der Waals surface area contributed by atoms with Crippen molar-refractivity contribution >= 4 is 5.70 Å². The molecule has 31 heavy (non-hydrogen) atoms. The molecule has 0 amide bonds. The van der Waals surface area contributed by atoms with Gasteiger partial charge in [0.2, 0.25) is 0 Å². The van der Waals surface area contributed by atoms with Crippen LogP contribution in [0.25, 0.3) is 16.8 Å². The predicted octanol–water partition coefficient (Wildman–Crippen LogP) is 6.66. The van der Waals surface area contributed by atoms with Crippen LogP contribution in [0.2, 0.25) is 0 Å². The molecule has 0 saturated heterocycles. The second-order valence-electron chi connectivity index (χ2n) is 9.91. The molecule has 1 aromatic heterocycles. The fraction of sp³-hybridized carbons (Fsp3) is 0.357. The van der Waals surface area contributed by atoms with Crippen molar-refractivity contribution in [2.45, 2.75) is 60.4 Å². The molecule has 0 N–H and O–H groups in total. The smallest absolute Gasteiger partial charge is 0.125 e. The van der Waals surface area contributed by atoms with Gasteiger partial charge in [0.1, 0.15) is 5.82 Å². The van der Waals surface area contributed by atoms with E-state index in [0.29, 0.717) is 6.04 Å². The molecule has 0 aliphatic carbocycles. The third-order valence-electron chi connectivity index (χ3n) is 6.49. The quantitative estimate of drug-likeness (QED) is 0.565. The van der Waals surface area contributed by atoms with Gasteiger partial charge in [0, 0.05) is 41.5 Å². The van der Waals surface area contributed by atoms with Gasteiger partial charge >= 0.3 is 0 Å². The van der Waals surface area contributed by atoms with Crippen LogP contribution >= 0.6 is 0 Å². The highest BCUT2D eigenvalue weighted by Crippen LogP contribution is 2.45. The van der Waals surface area contributed by atoms with Gasteiger partial charge in [-0.25, -0.2) is 9.97 Å². The average molecular weight is 412 g/mol. The highest BCUT2D eigenvalue weighted by atomic mass is 15.2. The minimum Gasteiger partial charge on any atom is -0.343 e. The van der Waals surface area contributed by atoms with Gasteiger partial charge in [-0.1, -0.05) is 46.9 Å². The molecule has 2 aromatic rings. The van der Waals surface area contributed by atoms with E-state index in [1.165, 1.54) is 28.0 Å². The van der Waals surface area contributed by atoms with Crippen LogP contribution in [0.4, 0.5) is 0 Å². The molecule has 4 rings (SSSR count). The van der Waals surface area contributed by atoms with Gasteiger partial charge < -0.3 is 4.90 Å². The van der Waals surface area contributed by atoms with Gasteiger partial charge in [-0.2, -0.15) is 0 Å². The third-order valence-corrected chi connectivity index (χ3v) is 6.49. The second-order valence-corrected chi connectivity index (χ2v) is 9.91. The highest BCUT2D eigenvalue weighted by molar-refractivity contribution is 5.80. The lowest BCUT2D eigenvalue weighted by molar-refractivity contribution is 0.189. The monoisotopic (exact) mass is 411 g/mol. The van der Waals surface area contributed by atoms with E-state index in [2.05, 4.69) is 87.1 Å². The van der Waals surface area contributed by atoms with Crippen molar-refractivity contribution in [3.63, 3.8) is 0 Å². The molecule has 3 heterocycles. The highest BCUT2D eigenvalue weighted by Gasteiger charge is 2.38. The zero-order valence-corrected chi connectivity index (χ0v) is 19.7. The lowest BCUT2D eigenvalue weighted by Gasteiger charge is -2.47. The first-order valence-electron chi connectivity index (χ1n) is 11.1. The first-order chi connectivity index (χ1) is 14.6. The predicted molar refractivity (Wildman–Crippen MR) is 130 cm³/mol. The number of hydrogen-bond acceptors (Lipinski definition) is 3. The molecular formula is C28H33N3. The van der Waals surface area contributed by atoms with Crippen LogP contribution in [-0.4, -0.2) is 20.9 Å². The molecule has 160 valence electrons. The standard InChI is InChI=1S/C28H33N3/c1-9-20-11-24-21(12-23(20)22-14-29-19(5)30-15-22)13-27(28(6,7)8)31-16-25(17(2)3)18(4)10-26(24)31/h10-12,14-16,27H,2,4,9,13H2,1,3,5-8H3. The van der Waals surface area contributed by atoms with Gasteiger partial charge in [0.25, 0.3) is 0 Å². The van der Waals surface area contributed by atoms with Crippen molar-refractivity contribution in [2.24, 2.45) is 5.41 Å². The number of aryl methyl sites for hydroxylation is 2. The summed E-state index contributed by atoms with van der Waals surface area (Å²) in [5.74, 6) is 0.800. The SMILES string of the molecule is C=C(C)C1=CN2C(=CC1=C)c1cc(CC)c(-c3cnc(C)nc3)cc1CC2C(C)(C)C. The first kappa shape index (κ1) is 21.3. The summed E-state index contributed by atoms with van der Waals surface area (Å²) in [5.41, 5.74) is 11.0. The van der Waals surface area contributed by atoms with Crippen LogP contribution in [0.3, 0.4) is 0 Å². The lowest BCUT2D eigenvalue weighted by Crippen LogP contribution is -2.45. The molecule has 2 aliphatic heterocycles. The summed E-state index contributed by atoms with van der Waals surface area (Å²) < 4.78 is 0. The maximum Gasteiger partial charge on any atom is 0.125 e. The van der Waals surface area contributed by atoms with E-state index in [1.54, 1.807) is 0 Å². The summed E-state index contributed by atoms with van der Waals surface area (Å²) >= 11 is 0. The van der Waals surface area contributed by atoms with Crippen LogP contribution in [0.1, 0.15) is 57.1 Å². The zero-order chi connectivity index (χ0) is 22.5. The second kappa shape index (κ2) is 7.64. The lowest BCUT2D eigenvalue weighted by atomic mass is 9.75. The van der Waals surface area contributed by atoms with E-state index in [4.69, 9.17) is 0 Å². The molecule has 0 saturated carbocycles. The van der Waals surface area contributed by atoms with Gasteiger partial charge in [-0.05, 0) is 77.7 Å². The van der Waals surface area contributed by atoms with Crippen molar-refractivity contribution < 1.29 is 0 Å². The molecule has 1 unspecified atom stereocenters. The van der Waals surface area contributed by atoms with Crippen molar-refractivity contribution in [1.29, 1.82) is 0 Å². The molecule has 0 bridgehead atoms. The summed E-state index contributed by atoms with van der Waals surface area (Å²) in [4.78, 5) is 11.3. The minimum atomic E-state index is 0.114. The topological polar surface area (TPSA) is 29.0 Å². The normalized spacial score (nSPS) is 18.2. The molecule has 0 radical (unpaired) electrons. The number of allylic oxidation sites excluding steroid dienone is 4. The largest absolute Gasteiger partial charge is 0.343 e. The van der Waals surface area contributed by atoms with E-state index in [9.17, 15) is 0 Å². The summed E-state index contributed by atoms with van der Waals surface area (Å²) in [6.07, 6.45) is 10.4. The molecule has 1 atom stereocenters. The Bertz CT molecular complexity index is 1120.